The van der Waals surface area contributed by atoms with E-state index in [1.807, 2.05) is 36.4 Å². The molecule has 1 aliphatic rings. The van der Waals surface area contributed by atoms with Gasteiger partial charge in [0.25, 0.3) is 0 Å². The highest BCUT2D eigenvalue weighted by atomic mass is 15.0. The van der Waals surface area contributed by atoms with Crippen molar-refractivity contribution in [1.29, 1.82) is 0 Å². The summed E-state index contributed by atoms with van der Waals surface area (Å²) in [5.74, 6) is 1.93. The molecule has 8 aromatic carbocycles. The fourth-order valence-corrected chi connectivity index (χ4v) is 8.29. The summed E-state index contributed by atoms with van der Waals surface area (Å²) in [6.07, 6.45) is 0. The van der Waals surface area contributed by atoms with Gasteiger partial charge in [0.2, 0.25) is 0 Å². The maximum atomic E-state index is 5.24. The number of hydrogen-bond acceptors (Lipinski definition) is 3. The molecule has 0 aliphatic heterocycles. The van der Waals surface area contributed by atoms with Crippen molar-refractivity contribution < 1.29 is 0 Å². The zero-order valence-electron chi connectivity index (χ0n) is 28.9. The van der Waals surface area contributed by atoms with Crippen LogP contribution in [0.3, 0.4) is 0 Å². The molecule has 0 spiro atoms. The van der Waals surface area contributed by atoms with Gasteiger partial charge in [-0.25, -0.2) is 15.0 Å². The monoisotopic (exact) mass is 675 g/mol. The van der Waals surface area contributed by atoms with E-state index in [2.05, 4.69) is 164 Å². The van der Waals surface area contributed by atoms with Gasteiger partial charge >= 0.3 is 0 Å². The number of benzene rings is 8. The van der Waals surface area contributed by atoms with Gasteiger partial charge in [0.05, 0.1) is 5.41 Å². The summed E-state index contributed by atoms with van der Waals surface area (Å²) in [5, 5.41) is 2.22. The fourth-order valence-electron chi connectivity index (χ4n) is 8.29. The van der Waals surface area contributed by atoms with Crippen LogP contribution < -0.4 is 0 Å². The zero-order valence-corrected chi connectivity index (χ0v) is 28.9. The second-order valence-corrected chi connectivity index (χ2v) is 13.5. The number of aromatic nitrogens is 3. The maximum absolute atomic E-state index is 5.24. The molecule has 0 saturated carbocycles. The van der Waals surface area contributed by atoms with E-state index in [1.54, 1.807) is 0 Å². The van der Waals surface area contributed by atoms with Gasteiger partial charge in [-0.3, -0.25) is 0 Å². The first kappa shape index (κ1) is 30.8. The Labute approximate surface area is 309 Å². The van der Waals surface area contributed by atoms with Crippen LogP contribution in [0.4, 0.5) is 0 Å². The number of hydrogen-bond donors (Lipinski definition) is 0. The summed E-state index contributed by atoms with van der Waals surface area (Å²) in [7, 11) is 0. The summed E-state index contributed by atoms with van der Waals surface area (Å²) in [6.45, 7) is 0. The maximum Gasteiger partial charge on any atom is 0.165 e. The van der Waals surface area contributed by atoms with Crippen LogP contribution in [-0.4, -0.2) is 15.0 Å². The van der Waals surface area contributed by atoms with Gasteiger partial charge in [-0.2, -0.15) is 0 Å². The third-order valence-electron chi connectivity index (χ3n) is 10.6. The SMILES string of the molecule is c1ccc(-c2nc(-c3ccccc3)nc(-c3c(-c4ccc5c(c4)C(c4ccccc4)(c4ccccc4)c4ccccc4-5)ccc4ccccc34)n2)cc1. The lowest BCUT2D eigenvalue weighted by Gasteiger charge is -2.34. The topological polar surface area (TPSA) is 38.7 Å². The summed E-state index contributed by atoms with van der Waals surface area (Å²) in [6, 6.07) is 71.2. The van der Waals surface area contributed by atoms with E-state index in [0.29, 0.717) is 17.5 Å². The number of nitrogens with zero attached hydrogens (tertiary/aromatic N) is 3. The smallest absolute Gasteiger partial charge is 0.165 e. The van der Waals surface area contributed by atoms with E-state index in [9.17, 15) is 0 Å². The predicted octanol–water partition coefficient (Wildman–Crippen LogP) is 12.1. The Balaban J connectivity index is 1.27. The Morgan fingerprint density at radius 2 is 0.811 bits per heavy atom. The molecule has 1 aromatic heterocycles. The molecule has 10 rings (SSSR count). The Morgan fingerprint density at radius 1 is 0.321 bits per heavy atom. The first-order chi connectivity index (χ1) is 26.3. The second-order valence-electron chi connectivity index (χ2n) is 13.5. The Morgan fingerprint density at radius 3 is 1.45 bits per heavy atom. The minimum absolute atomic E-state index is 0.504. The van der Waals surface area contributed by atoms with Crippen molar-refractivity contribution in [2.75, 3.05) is 0 Å². The van der Waals surface area contributed by atoms with E-state index >= 15 is 0 Å². The molecule has 0 atom stereocenters. The largest absolute Gasteiger partial charge is 0.208 e. The van der Waals surface area contributed by atoms with Crippen LogP contribution >= 0.6 is 0 Å². The normalized spacial score (nSPS) is 12.7. The average molecular weight is 676 g/mol. The summed E-state index contributed by atoms with van der Waals surface area (Å²) >= 11 is 0. The summed E-state index contributed by atoms with van der Waals surface area (Å²) < 4.78 is 0. The van der Waals surface area contributed by atoms with Crippen LogP contribution in [0.1, 0.15) is 22.3 Å². The molecule has 0 bridgehead atoms. The molecule has 0 radical (unpaired) electrons. The van der Waals surface area contributed by atoms with Gasteiger partial charge in [0.15, 0.2) is 17.5 Å². The lowest BCUT2D eigenvalue weighted by Crippen LogP contribution is -2.28. The van der Waals surface area contributed by atoms with Crippen molar-refractivity contribution >= 4 is 10.8 Å². The van der Waals surface area contributed by atoms with Crippen molar-refractivity contribution in [1.82, 2.24) is 15.0 Å². The Kier molecular flexibility index (Phi) is 7.36. The lowest BCUT2D eigenvalue weighted by atomic mass is 9.67. The first-order valence-corrected chi connectivity index (χ1v) is 18.0. The summed E-state index contributed by atoms with van der Waals surface area (Å²) in [5.41, 5.74) is 12.1. The molecule has 1 heterocycles. The van der Waals surface area contributed by atoms with E-state index < -0.39 is 5.41 Å². The zero-order chi connectivity index (χ0) is 35.2. The van der Waals surface area contributed by atoms with Gasteiger partial charge in [0.1, 0.15) is 0 Å². The van der Waals surface area contributed by atoms with Crippen LogP contribution in [-0.2, 0) is 5.41 Å². The molecule has 0 N–H and O–H groups in total. The third kappa shape index (κ3) is 5.01. The molecular formula is C50H33N3. The summed E-state index contributed by atoms with van der Waals surface area (Å²) in [4.78, 5) is 15.5. The number of fused-ring (bicyclic) bond motifs is 4. The standard InChI is InChI=1S/C50H33N3/c1-5-18-35(19-6-1)47-51-48(36-20-7-2-8-21-36)53-49(52-47)46-40-26-14-13-17-34(40)29-31-41(46)37-30-32-43-42-27-15-16-28-44(42)50(45(43)33-37,38-22-9-3-10-23-38)39-24-11-4-12-25-39/h1-33H. The lowest BCUT2D eigenvalue weighted by molar-refractivity contribution is 0.769. The van der Waals surface area contributed by atoms with Crippen molar-refractivity contribution in [2.24, 2.45) is 0 Å². The highest BCUT2D eigenvalue weighted by molar-refractivity contribution is 6.03. The molecule has 0 unspecified atom stereocenters. The fraction of sp³-hybridized carbons (Fsp3) is 0.0200. The van der Waals surface area contributed by atoms with E-state index in [0.717, 1.165) is 38.6 Å². The molecule has 3 heteroatoms. The molecule has 3 nitrogen and oxygen atoms in total. The molecule has 0 fully saturated rings. The molecule has 0 amide bonds. The van der Waals surface area contributed by atoms with Crippen LogP contribution in [0.5, 0.6) is 0 Å². The van der Waals surface area contributed by atoms with E-state index in [-0.39, 0.29) is 0 Å². The van der Waals surface area contributed by atoms with Crippen molar-refractivity contribution in [3.63, 3.8) is 0 Å². The van der Waals surface area contributed by atoms with Crippen molar-refractivity contribution in [3.8, 4) is 56.4 Å². The second kappa shape index (κ2) is 12.7. The Hall–Kier alpha value is -6.97. The van der Waals surface area contributed by atoms with Gasteiger partial charge < -0.3 is 0 Å². The highest BCUT2D eigenvalue weighted by Gasteiger charge is 2.46. The highest BCUT2D eigenvalue weighted by Crippen LogP contribution is 2.57. The van der Waals surface area contributed by atoms with Crippen molar-refractivity contribution in [3.05, 3.63) is 222 Å². The molecule has 9 aromatic rings. The molecule has 53 heavy (non-hydrogen) atoms. The van der Waals surface area contributed by atoms with Gasteiger partial charge in [-0.1, -0.05) is 194 Å². The first-order valence-electron chi connectivity index (χ1n) is 18.0. The average Bonchev–Trinajstić information content (AvgIpc) is 3.54. The predicted molar refractivity (Wildman–Crippen MR) is 216 cm³/mol. The minimum Gasteiger partial charge on any atom is -0.208 e. The van der Waals surface area contributed by atoms with Crippen LogP contribution in [0.15, 0.2) is 200 Å². The van der Waals surface area contributed by atoms with Gasteiger partial charge in [-0.05, 0) is 61.3 Å². The van der Waals surface area contributed by atoms with Crippen LogP contribution in [0.2, 0.25) is 0 Å². The van der Waals surface area contributed by atoms with Gasteiger partial charge in [0, 0.05) is 16.7 Å². The van der Waals surface area contributed by atoms with Crippen molar-refractivity contribution in [2.45, 2.75) is 5.41 Å². The number of rotatable bonds is 6. The van der Waals surface area contributed by atoms with E-state index in [4.69, 9.17) is 15.0 Å². The molecule has 248 valence electrons. The van der Waals surface area contributed by atoms with Crippen LogP contribution in [0, 0.1) is 0 Å². The molecule has 0 saturated heterocycles. The van der Waals surface area contributed by atoms with Crippen LogP contribution in [0.25, 0.3) is 67.2 Å². The van der Waals surface area contributed by atoms with Gasteiger partial charge in [-0.15, -0.1) is 0 Å². The molecule has 1 aliphatic carbocycles. The molecular weight excluding hydrogens is 643 g/mol. The minimum atomic E-state index is -0.504. The Bertz CT molecular complexity index is 2660. The quantitative estimate of drug-likeness (QED) is 0.176. The third-order valence-corrected chi connectivity index (χ3v) is 10.6. The van der Waals surface area contributed by atoms with E-state index in [1.165, 1.54) is 33.4 Å².